The van der Waals surface area contributed by atoms with E-state index in [0.717, 1.165) is 49.4 Å². The zero-order valence-corrected chi connectivity index (χ0v) is 29.7. The fourth-order valence-corrected chi connectivity index (χ4v) is 7.28. The van der Waals surface area contributed by atoms with Crippen LogP contribution in [0.2, 0.25) is 0 Å². The standard InChI is InChI=1S/C38H48N8O4/c1-27-8-5-9-28-10-6-12-33(36(27)28)44-19-16-31-32(25-44)40-38(50-26-30-11-7-18-43(30)4)41-37(31)45-20-21-46(29(24-45)15-17-39)34(47)13-14-35(48)49-23-22-42(2)3/h5-6,8-10,12-14,29-30H,7,11,15-16,18-26H2,1-4H3/b14-13+. The molecule has 0 N–H and O–H groups in total. The highest BCUT2D eigenvalue weighted by Crippen LogP contribution is 2.36. The number of likely N-dealkylation sites (N-methyl/N-ethyl adjacent to an activating group) is 2. The number of fused-ring (bicyclic) bond motifs is 2. The first-order valence-corrected chi connectivity index (χ1v) is 17.6. The Morgan fingerprint density at radius 2 is 1.86 bits per heavy atom. The first-order valence-electron chi connectivity index (χ1n) is 17.6. The van der Waals surface area contributed by atoms with Crippen molar-refractivity contribution >= 4 is 34.2 Å². The Labute approximate surface area is 294 Å². The first-order chi connectivity index (χ1) is 24.2. The summed E-state index contributed by atoms with van der Waals surface area (Å²) in [7, 11) is 5.91. The molecule has 0 radical (unpaired) electrons. The number of amides is 1. The summed E-state index contributed by atoms with van der Waals surface area (Å²) in [6, 6.07) is 15.4. The van der Waals surface area contributed by atoms with Crippen LogP contribution in [0.25, 0.3) is 10.8 Å². The van der Waals surface area contributed by atoms with E-state index in [2.05, 4.69) is 71.1 Å². The lowest BCUT2D eigenvalue weighted by atomic mass is 9.99. The van der Waals surface area contributed by atoms with E-state index in [1.54, 1.807) is 4.90 Å². The SMILES string of the molecule is Cc1cccc2cccc(N3CCc4c(nc(OCC5CCCN5C)nc4N4CCN(C(=O)/C=C/C(=O)OCCN(C)C)C(CC#N)C4)C3)c12. The van der Waals surface area contributed by atoms with Gasteiger partial charge in [0.25, 0.3) is 0 Å². The number of nitriles is 1. The number of hydrogen-bond donors (Lipinski definition) is 0. The molecule has 1 amide bonds. The third-order valence-electron chi connectivity index (χ3n) is 10.1. The summed E-state index contributed by atoms with van der Waals surface area (Å²) in [6.45, 7) is 7.33. The summed E-state index contributed by atoms with van der Waals surface area (Å²) in [4.78, 5) is 46.0. The van der Waals surface area contributed by atoms with E-state index < -0.39 is 5.97 Å². The third-order valence-corrected chi connectivity index (χ3v) is 10.1. The van der Waals surface area contributed by atoms with Crippen molar-refractivity contribution in [1.29, 1.82) is 5.26 Å². The van der Waals surface area contributed by atoms with Gasteiger partial charge >= 0.3 is 12.0 Å². The minimum absolute atomic E-state index is 0.155. The monoisotopic (exact) mass is 680 g/mol. The molecule has 2 aromatic carbocycles. The van der Waals surface area contributed by atoms with Crippen LogP contribution in [0, 0.1) is 18.3 Å². The predicted molar refractivity (Wildman–Crippen MR) is 193 cm³/mol. The Morgan fingerprint density at radius 1 is 1.04 bits per heavy atom. The van der Waals surface area contributed by atoms with Gasteiger partial charge < -0.3 is 34.0 Å². The number of benzene rings is 2. The lowest BCUT2D eigenvalue weighted by Crippen LogP contribution is -2.55. The first kappa shape index (κ1) is 35.1. The largest absolute Gasteiger partial charge is 0.462 e. The molecule has 4 heterocycles. The summed E-state index contributed by atoms with van der Waals surface area (Å²) in [5.41, 5.74) is 4.45. The number of esters is 1. The molecule has 0 spiro atoms. The second-order valence-electron chi connectivity index (χ2n) is 13.8. The maximum atomic E-state index is 13.3. The summed E-state index contributed by atoms with van der Waals surface area (Å²) in [5, 5.41) is 12.2. The maximum Gasteiger partial charge on any atom is 0.330 e. The van der Waals surface area contributed by atoms with Crippen LogP contribution in [0.4, 0.5) is 11.5 Å². The van der Waals surface area contributed by atoms with Crippen LogP contribution in [-0.2, 0) is 27.3 Å². The van der Waals surface area contributed by atoms with Gasteiger partial charge in [0.15, 0.2) is 0 Å². The Bertz CT molecular complexity index is 1770. The van der Waals surface area contributed by atoms with E-state index >= 15 is 0 Å². The molecule has 12 heteroatoms. The Balaban J connectivity index is 1.24. The van der Waals surface area contributed by atoms with Gasteiger partial charge in [-0.15, -0.1) is 0 Å². The van der Waals surface area contributed by atoms with Gasteiger partial charge in [0.05, 0.1) is 30.8 Å². The minimum atomic E-state index is -0.563. The summed E-state index contributed by atoms with van der Waals surface area (Å²) < 4.78 is 11.5. The zero-order chi connectivity index (χ0) is 35.2. The van der Waals surface area contributed by atoms with Gasteiger partial charge in [0.2, 0.25) is 5.91 Å². The molecule has 1 aromatic heterocycles. The molecule has 264 valence electrons. The summed E-state index contributed by atoms with van der Waals surface area (Å²) >= 11 is 0. The van der Waals surface area contributed by atoms with Crippen molar-refractivity contribution in [2.24, 2.45) is 0 Å². The van der Waals surface area contributed by atoms with Crippen molar-refractivity contribution in [2.45, 2.75) is 51.2 Å². The molecular formula is C38H48N8O4. The molecule has 12 nitrogen and oxygen atoms in total. The second kappa shape index (κ2) is 15.9. The van der Waals surface area contributed by atoms with E-state index in [1.807, 2.05) is 19.0 Å². The van der Waals surface area contributed by atoms with Gasteiger partial charge in [0, 0.05) is 67.6 Å². The number of hydrogen-bond acceptors (Lipinski definition) is 11. The fraction of sp³-hybridized carbons (Fsp3) is 0.500. The molecule has 2 saturated heterocycles. The normalized spacial score (nSPS) is 19.6. The quantitative estimate of drug-likeness (QED) is 0.219. The van der Waals surface area contributed by atoms with Crippen LogP contribution in [0.15, 0.2) is 48.6 Å². The van der Waals surface area contributed by atoms with E-state index in [4.69, 9.17) is 19.4 Å². The number of carbonyl (C=O) groups excluding carboxylic acids is 2. The van der Waals surface area contributed by atoms with Gasteiger partial charge in [0.1, 0.15) is 19.0 Å². The highest BCUT2D eigenvalue weighted by Gasteiger charge is 2.34. The molecule has 2 unspecified atom stereocenters. The molecule has 2 fully saturated rings. The van der Waals surface area contributed by atoms with Gasteiger partial charge in [-0.25, -0.2) is 4.79 Å². The van der Waals surface area contributed by atoms with Crippen LogP contribution in [0.5, 0.6) is 6.01 Å². The van der Waals surface area contributed by atoms with E-state index in [9.17, 15) is 14.9 Å². The van der Waals surface area contributed by atoms with Crippen molar-refractivity contribution in [2.75, 3.05) is 83.4 Å². The highest BCUT2D eigenvalue weighted by atomic mass is 16.5. The van der Waals surface area contributed by atoms with E-state index in [-0.39, 0.29) is 25.0 Å². The van der Waals surface area contributed by atoms with Crippen LogP contribution < -0.4 is 14.5 Å². The molecule has 0 aliphatic carbocycles. The van der Waals surface area contributed by atoms with Crippen molar-refractivity contribution < 1.29 is 19.1 Å². The van der Waals surface area contributed by atoms with Crippen LogP contribution in [-0.4, -0.2) is 122 Å². The lowest BCUT2D eigenvalue weighted by Gasteiger charge is -2.42. The van der Waals surface area contributed by atoms with Gasteiger partial charge in [-0.3, -0.25) is 4.79 Å². The Hall–Kier alpha value is -4.73. The molecule has 6 rings (SSSR count). The van der Waals surface area contributed by atoms with E-state index in [0.29, 0.717) is 51.4 Å². The summed E-state index contributed by atoms with van der Waals surface area (Å²) in [6.07, 6.45) is 5.55. The Kier molecular flexibility index (Phi) is 11.1. The summed E-state index contributed by atoms with van der Waals surface area (Å²) in [5.74, 6) is -0.0641. The number of aryl methyl sites for hydroxylation is 1. The average Bonchev–Trinajstić information content (AvgIpc) is 3.53. The maximum absolute atomic E-state index is 13.3. The predicted octanol–water partition coefficient (Wildman–Crippen LogP) is 3.57. The minimum Gasteiger partial charge on any atom is -0.462 e. The molecule has 0 bridgehead atoms. The van der Waals surface area contributed by atoms with E-state index in [1.165, 1.54) is 34.2 Å². The lowest BCUT2D eigenvalue weighted by molar-refractivity contribution is -0.138. The Morgan fingerprint density at radius 3 is 2.62 bits per heavy atom. The zero-order valence-electron chi connectivity index (χ0n) is 29.7. The molecule has 2 atom stereocenters. The molecule has 50 heavy (non-hydrogen) atoms. The van der Waals surface area contributed by atoms with Crippen LogP contribution in [0.3, 0.4) is 0 Å². The number of ether oxygens (including phenoxy) is 2. The molecule has 3 aliphatic rings. The van der Waals surface area contributed by atoms with Crippen molar-refractivity contribution in [3.63, 3.8) is 0 Å². The number of carbonyl (C=O) groups is 2. The number of nitrogens with zero attached hydrogens (tertiary/aromatic N) is 8. The molecule has 0 saturated carbocycles. The van der Waals surface area contributed by atoms with Gasteiger partial charge in [-0.05, 0) is 70.9 Å². The molecule has 3 aromatic rings. The van der Waals surface area contributed by atoms with Gasteiger partial charge in [-0.1, -0.05) is 30.3 Å². The van der Waals surface area contributed by atoms with Crippen LogP contribution >= 0.6 is 0 Å². The topological polar surface area (TPSA) is 118 Å². The van der Waals surface area contributed by atoms with Crippen molar-refractivity contribution in [3.05, 3.63) is 65.4 Å². The van der Waals surface area contributed by atoms with Gasteiger partial charge in [-0.2, -0.15) is 15.2 Å². The second-order valence-corrected chi connectivity index (χ2v) is 13.8. The van der Waals surface area contributed by atoms with Crippen molar-refractivity contribution in [1.82, 2.24) is 24.7 Å². The van der Waals surface area contributed by atoms with Crippen LogP contribution in [0.1, 0.15) is 36.1 Å². The number of likely N-dealkylation sites (tertiary alicyclic amines) is 1. The highest BCUT2D eigenvalue weighted by molar-refractivity contribution is 5.97. The number of aromatic nitrogens is 2. The smallest absolute Gasteiger partial charge is 0.330 e. The number of piperazine rings is 1. The van der Waals surface area contributed by atoms with Crippen molar-refractivity contribution in [3.8, 4) is 12.1 Å². The number of anilines is 2. The molecule has 3 aliphatic heterocycles. The fourth-order valence-electron chi connectivity index (χ4n) is 7.28. The third kappa shape index (κ3) is 8.01. The number of rotatable bonds is 11. The average molecular weight is 681 g/mol. The molecular weight excluding hydrogens is 632 g/mol.